The van der Waals surface area contributed by atoms with Crippen LogP contribution in [0.25, 0.3) is 11.0 Å². The lowest BCUT2D eigenvalue weighted by Crippen LogP contribution is -2.22. The summed E-state index contributed by atoms with van der Waals surface area (Å²) < 4.78 is 25.2. The van der Waals surface area contributed by atoms with Gasteiger partial charge in [0.05, 0.1) is 23.1 Å². The number of nitrogens with zero attached hydrogens (tertiary/aromatic N) is 3. The molecule has 1 saturated heterocycles. The molecule has 1 aromatic heterocycles. The molecule has 1 atom stereocenters. The number of nitrogen functional groups attached to an aromatic ring is 1. The van der Waals surface area contributed by atoms with E-state index in [4.69, 9.17) is 5.73 Å². The molecule has 96 valence electrons. The average molecular weight is 266 g/mol. The van der Waals surface area contributed by atoms with Crippen molar-refractivity contribution in [2.75, 3.05) is 11.5 Å². The van der Waals surface area contributed by atoms with Gasteiger partial charge in [-0.25, -0.2) is 13.1 Å². The highest BCUT2D eigenvalue weighted by molar-refractivity contribution is 7.92. The van der Waals surface area contributed by atoms with Crippen LogP contribution >= 0.6 is 0 Å². The Morgan fingerprint density at radius 1 is 1.44 bits per heavy atom. The van der Waals surface area contributed by atoms with E-state index >= 15 is 0 Å². The lowest BCUT2D eigenvalue weighted by molar-refractivity contribution is 0.540. The predicted molar refractivity (Wildman–Crippen MR) is 68.7 cm³/mol. The summed E-state index contributed by atoms with van der Waals surface area (Å²) in [5.41, 5.74) is 7.88. The number of nitrogens with two attached hydrogens (primary N) is 1. The topological polar surface area (TPSA) is 90.9 Å². The lowest BCUT2D eigenvalue weighted by Gasteiger charge is -2.09. The number of benzene rings is 1. The van der Waals surface area contributed by atoms with Crippen molar-refractivity contribution in [1.82, 2.24) is 15.0 Å². The summed E-state index contributed by atoms with van der Waals surface area (Å²) in [6, 6.07) is 5.32. The quantitative estimate of drug-likeness (QED) is 0.803. The van der Waals surface area contributed by atoms with Crippen molar-refractivity contribution in [3.8, 4) is 0 Å². The molecule has 0 aliphatic carbocycles. The summed E-state index contributed by atoms with van der Waals surface area (Å²) in [5.74, 6) is 0.284. The van der Waals surface area contributed by atoms with Crippen LogP contribution in [0.3, 0.4) is 0 Å². The minimum atomic E-state index is -2.96. The lowest BCUT2D eigenvalue weighted by atomic mass is 10.2. The summed E-state index contributed by atoms with van der Waals surface area (Å²) in [6.07, 6.45) is 1.44. The molecule has 0 bridgehead atoms. The standard InChI is InChI=1S/C11H14N4O2S/c12-8-3-4-10-11(6-8)15(14-13-10)7-9-2-1-5-18(9,16)17/h3-4,6,9H,1-2,5,7,12H2. The monoisotopic (exact) mass is 266 g/mol. The van der Waals surface area contributed by atoms with Gasteiger partial charge in [0.25, 0.3) is 0 Å². The molecule has 1 aliphatic rings. The molecule has 1 fully saturated rings. The maximum Gasteiger partial charge on any atom is 0.154 e. The number of anilines is 1. The number of hydrogen-bond donors (Lipinski definition) is 1. The number of rotatable bonds is 2. The molecular weight excluding hydrogens is 252 g/mol. The normalized spacial score (nSPS) is 22.6. The van der Waals surface area contributed by atoms with Gasteiger partial charge in [0.1, 0.15) is 5.52 Å². The third-order valence-electron chi connectivity index (χ3n) is 3.38. The smallest absolute Gasteiger partial charge is 0.154 e. The van der Waals surface area contributed by atoms with Gasteiger partial charge in [-0.3, -0.25) is 0 Å². The third kappa shape index (κ3) is 1.84. The van der Waals surface area contributed by atoms with Gasteiger partial charge in [-0.15, -0.1) is 5.10 Å². The Morgan fingerprint density at radius 2 is 2.28 bits per heavy atom. The Hall–Kier alpha value is -1.63. The minimum Gasteiger partial charge on any atom is -0.399 e. The highest BCUT2D eigenvalue weighted by atomic mass is 32.2. The van der Waals surface area contributed by atoms with E-state index < -0.39 is 9.84 Å². The second-order valence-corrected chi connectivity index (χ2v) is 7.05. The van der Waals surface area contributed by atoms with Crippen molar-refractivity contribution in [2.24, 2.45) is 0 Å². The summed E-state index contributed by atoms with van der Waals surface area (Å²) in [6.45, 7) is 0.363. The molecule has 6 nitrogen and oxygen atoms in total. The second kappa shape index (κ2) is 3.94. The molecule has 0 saturated carbocycles. The molecule has 0 radical (unpaired) electrons. The molecule has 2 heterocycles. The fourth-order valence-electron chi connectivity index (χ4n) is 2.37. The average Bonchev–Trinajstić information content (AvgIpc) is 2.84. The summed E-state index contributed by atoms with van der Waals surface area (Å²) in [4.78, 5) is 0. The SMILES string of the molecule is Nc1ccc2nnn(CC3CCCS3(=O)=O)c2c1. The maximum atomic E-state index is 11.8. The fourth-order valence-corrected chi connectivity index (χ4v) is 4.17. The van der Waals surface area contributed by atoms with Crippen LogP contribution in [-0.2, 0) is 16.4 Å². The van der Waals surface area contributed by atoms with Gasteiger partial charge in [0.2, 0.25) is 0 Å². The predicted octanol–water partition coefficient (Wildman–Crippen LogP) is 0.591. The van der Waals surface area contributed by atoms with Crippen LogP contribution < -0.4 is 5.73 Å². The Labute approximate surface area is 105 Å². The van der Waals surface area contributed by atoms with Crippen molar-refractivity contribution >= 4 is 26.6 Å². The zero-order valence-electron chi connectivity index (χ0n) is 9.78. The van der Waals surface area contributed by atoms with Crippen LogP contribution in [-0.4, -0.2) is 34.4 Å². The zero-order valence-corrected chi connectivity index (χ0v) is 10.6. The minimum absolute atomic E-state index is 0.284. The van der Waals surface area contributed by atoms with Crippen LogP contribution in [0.1, 0.15) is 12.8 Å². The number of sulfone groups is 1. The Balaban J connectivity index is 1.98. The van der Waals surface area contributed by atoms with Gasteiger partial charge in [-0.1, -0.05) is 5.21 Å². The van der Waals surface area contributed by atoms with E-state index in [2.05, 4.69) is 10.3 Å². The van der Waals surface area contributed by atoms with Crippen molar-refractivity contribution in [3.63, 3.8) is 0 Å². The van der Waals surface area contributed by atoms with Gasteiger partial charge in [-0.2, -0.15) is 0 Å². The first-order chi connectivity index (χ1) is 8.56. The van der Waals surface area contributed by atoms with Crippen LogP contribution in [0, 0.1) is 0 Å². The highest BCUT2D eigenvalue weighted by Crippen LogP contribution is 2.23. The van der Waals surface area contributed by atoms with E-state index in [9.17, 15) is 8.42 Å². The number of fused-ring (bicyclic) bond motifs is 1. The molecular formula is C11H14N4O2S. The summed E-state index contributed by atoms with van der Waals surface area (Å²) in [7, 11) is -2.96. The Kier molecular flexibility index (Phi) is 2.51. The van der Waals surface area contributed by atoms with E-state index in [0.29, 0.717) is 18.7 Å². The first-order valence-electron chi connectivity index (χ1n) is 5.86. The molecule has 1 aliphatic heterocycles. The van der Waals surface area contributed by atoms with Crippen molar-refractivity contribution in [2.45, 2.75) is 24.6 Å². The van der Waals surface area contributed by atoms with Gasteiger partial charge in [-0.05, 0) is 31.0 Å². The number of hydrogen-bond acceptors (Lipinski definition) is 5. The van der Waals surface area contributed by atoms with Crippen LogP contribution in [0.5, 0.6) is 0 Å². The van der Waals surface area contributed by atoms with Crippen molar-refractivity contribution < 1.29 is 8.42 Å². The maximum absolute atomic E-state index is 11.8. The molecule has 18 heavy (non-hydrogen) atoms. The molecule has 0 amide bonds. The van der Waals surface area contributed by atoms with Crippen molar-refractivity contribution in [1.29, 1.82) is 0 Å². The highest BCUT2D eigenvalue weighted by Gasteiger charge is 2.32. The van der Waals surface area contributed by atoms with Gasteiger partial charge >= 0.3 is 0 Å². The van der Waals surface area contributed by atoms with Crippen LogP contribution in [0.2, 0.25) is 0 Å². The molecule has 2 N–H and O–H groups in total. The largest absolute Gasteiger partial charge is 0.399 e. The van der Waals surface area contributed by atoms with E-state index in [1.54, 1.807) is 22.9 Å². The second-order valence-electron chi connectivity index (χ2n) is 4.65. The summed E-state index contributed by atoms with van der Waals surface area (Å²) in [5, 5.41) is 7.68. The van der Waals surface area contributed by atoms with E-state index in [0.717, 1.165) is 17.5 Å². The van der Waals surface area contributed by atoms with Gasteiger partial charge in [0, 0.05) is 5.69 Å². The molecule has 3 rings (SSSR count). The number of aromatic nitrogens is 3. The fraction of sp³-hybridized carbons (Fsp3) is 0.455. The zero-order chi connectivity index (χ0) is 12.8. The Bertz CT molecular complexity index is 692. The Morgan fingerprint density at radius 3 is 3.00 bits per heavy atom. The third-order valence-corrected chi connectivity index (χ3v) is 5.64. The molecule has 1 unspecified atom stereocenters. The molecule has 2 aromatic rings. The first kappa shape index (κ1) is 11.5. The van der Waals surface area contributed by atoms with Crippen LogP contribution in [0.15, 0.2) is 18.2 Å². The van der Waals surface area contributed by atoms with E-state index in [1.165, 1.54) is 0 Å². The van der Waals surface area contributed by atoms with Gasteiger partial charge in [0.15, 0.2) is 9.84 Å². The van der Waals surface area contributed by atoms with Gasteiger partial charge < -0.3 is 5.73 Å². The molecule has 0 spiro atoms. The van der Waals surface area contributed by atoms with Crippen molar-refractivity contribution in [3.05, 3.63) is 18.2 Å². The summed E-state index contributed by atoms with van der Waals surface area (Å²) >= 11 is 0. The van der Waals surface area contributed by atoms with E-state index in [-0.39, 0.29) is 11.0 Å². The molecule has 7 heteroatoms. The van der Waals surface area contributed by atoms with Crippen LogP contribution in [0.4, 0.5) is 5.69 Å². The molecule has 1 aromatic carbocycles. The van der Waals surface area contributed by atoms with E-state index in [1.807, 2.05) is 0 Å². The first-order valence-corrected chi connectivity index (χ1v) is 7.58.